The van der Waals surface area contributed by atoms with E-state index in [1.54, 1.807) is 54.7 Å². The molecule has 0 atom stereocenters. The number of anilines is 1. The van der Waals surface area contributed by atoms with E-state index in [4.69, 9.17) is 21.1 Å². The van der Waals surface area contributed by atoms with Crippen LogP contribution in [0.4, 0.5) is 5.69 Å². The maximum absolute atomic E-state index is 13.2. The van der Waals surface area contributed by atoms with Crippen LogP contribution in [0.5, 0.6) is 11.5 Å². The molecule has 0 aliphatic carbocycles. The summed E-state index contributed by atoms with van der Waals surface area (Å²) in [5.41, 5.74) is 1.70. The van der Waals surface area contributed by atoms with Gasteiger partial charge in [-0.15, -0.1) is 0 Å². The zero-order chi connectivity index (χ0) is 27.1. The van der Waals surface area contributed by atoms with E-state index in [-0.39, 0.29) is 18.1 Å². The van der Waals surface area contributed by atoms with Crippen molar-refractivity contribution in [3.8, 4) is 11.5 Å². The first-order valence-corrected chi connectivity index (χ1v) is 13.3. The first-order valence-electron chi connectivity index (χ1n) is 12.1. The maximum atomic E-state index is 13.2. The first-order chi connectivity index (χ1) is 18.4. The zero-order valence-corrected chi connectivity index (χ0v) is 23.3. The Morgan fingerprint density at radius 3 is 2.61 bits per heavy atom. The summed E-state index contributed by atoms with van der Waals surface area (Å²) < 4.78 is 13.6. The summed E-state index contributed by atoms with van der Waals surface area (Å²) in [7, 11) is 0. The number of rotatable bonds is 10. The fourth-order valence-corrected chi connectivity index (χ4v) is 4.18. The summed E-state index contributed by atoms with van der Waals surface area (Å²) in [6.07, 6.45) is 3.00. The Kier molecular flexibility index (Phi) is 9.15. The molecular weight excluding hydrogens is 572 g/mol. The lowest BCUT2D eigenvalue weighted by Crippen LogP contribution is -2.22. The van der Waals surface area contributed by atoms with Crippen molar-refractivity contribution in [3.05, 3.63) is 91.9 Å². The van der Waals surface area contributed by atoms with Gasteiger partial charge in [0.2, 0.25) is 0 Å². The van der Waals surface area contributed by atoms with Gasteiger partial charge in [-0.2, -0.15) is 9.78 Å². The van der Waals surface area contributed by atoms with Crippen molar-refractivity contribution in [2.45, 2.75) is 26.7 Å². The molecule has 0 saturated carbocycles. The van der Waals surface area contributed by atoms with E-state index >= 15 is 0 Å². The van der Waals surface area contributed by atoms with Crippen molar-refractivity contribution < 1.29 is 14.3 Å². The van der Waals surface area contributed by atoms with Crippen molar-refractivity contribution in [1.29, 1.82) is 0 Å². The van der Waals surface area contributed by atoms with Crippen LogP contribution in [0.25, 0.3) is 10.9 Å². The number of ether oxygens (including phenoxy) is 2. The highest BCUT2D eigenvalue weighted by atomic mass is 79.9. The summed E-state index contributed by atoms with van der Waals surface area (Å²) in [6, 6.07) is 17.4. The third-order valence-electron chi connectivity index (χ3n) is 5.43. The van der Waals surface area contributed by atoms with E-state index in [9.17, 15) is 9.59 Å². The van der Waals surface area contributed by atoms with Gasteiger partial charge in [-0.3, -0.25) is 9.59 Å². The lowest BCUT2D eigenvalue weighted by atomic mass is 10.2. The first kappa shape index (κ1) is 27.3. The molecule has 38 heavy (non-hydrogen) atoms. The van der Waals surface area contributed by atoms with Gasteiger partial charge in [0.15, 0.2) is 18.1 Å². The van der Waals surface area contributed by atoms with Gasteiger partial charge in [-0.05, 0) is 79.6 Å². The Labute approximate surface area is 233 Å². The molecule has 0 aliphatic rings. The molecular formula is C28H26BrClN4O4. The summed E-state index contributed by atoms with van der Waals surface area (Å²) >= 11 is 9.30. The Morgan fingerprint density at radius 1 is 1.08 bits per heavy atom. The lowest BCUT2D eigenvalue weighted by Gasteiger charge is -2.13. The van der Waals surface area contributed by atoms with Crippen molar-refractivity contribution in [2.75, 3.05) is 18.5 Å². The van der Waals surface area contributed by atoms with Crippen LogP contribution in [0.3, 0.4) is 0 Å². The molecule has 0 saturated heterocycles. The van der Waals surface area contributed by atoms with E-state index in [1.165, 1.54) is 4.68 Å². The third kappa shape index (κ3) is 6.79. The summed E-state index contributed by atoms with van der Waals surface area (Å²) in [5.74, 6) is 1.13. The van der Waals surface area contributed by atoms with E-state index < -0.39 is 0 Å². The quantitative estimate of drug-likeness (QED) is 0.224. The number of nitrogens with zero attached hydrogens (tertiary/aromatic N) is 3. The van der Waals surface area contributed by atoms with Gasteiger partial charge in [-0.1, -0.05) is 34.5 Å². The van der Waals surface area contributed by atoms with Crippen molar-refractivity contribution in [3.63, 3.8) is 0 Å². The summed E-state index contributed by atoms with van der Waals surface area (Å²) in [5, 5.41) is 8.28. The van der Waals surface area contributed by atoms with E-state index in [0.717, 1.165) is 10.9 Å². The predicted octanol–water partition coefficient (Wildman–Crippen LogP) is 6.06. The minimum Gasteiger partial charge on any atom is -0.490 e. The molecule has 0 fully saturated rings. The second-order valence-corrected chi connectivity index (χ2v) is 9.64. The Balaban J connectivity index is 1.55. The fraction of sp³-hybridized carbons (Fsp3) is 0.214. The van der Waals surface area contributed by atoms with Crippen molar-refractivity contribution in [1.82, 2.24) is 9.66 Å². The highest BCUT2D eigenvalue weighted by Crippen LogP contribution is 2.28. The SMILES string of the molecule is CCCc1nc2ccc(Br)cc2c(=O)n1N=Cc1ccc(OCC(=O)Nc2ccc(Cl)cc2)c(OCC)c1. The van der Waals surface area contributed by atoms with Crippen LogP contribution in [0.1, 0.15) is 31.7 Å². The number of nitrogens with one attached hydrogen (secondary N) is 1. The minimum atomic E-state index is -0.321. The number of hydrogen-bond acceptors (Lipinski definition) is 6. The number of carbonyl (C=O) groups excluding carboxylic acids is 1. The second kappa shape index (κ2) is 12.7. The number of halogens is 2. The summed E-state index contributed by atoms with van der Waals surface area (Å²) in [4.78, 5) is 30.2. The number of hydrogen-bond donors (Lipinski definition) is 1. The zero-order valence-electron chi connectivity index (χ0n) is 20.9. The molecule has 4 aromatic rings. The van der Waals surface area contributed by atoms with Crippen molar-refractivity contribution >= 4 is 56.2 Å². The monoisotopic (exact) mass is 596 g/mol. The molecule has 1 heterocycles. The number of aryl methyl sites for hydroxylation is 1. The van der Waals surface area contributed by atoms with Crippen molar-refractivity contribution in [2.24, 2.45) is 5.10 Å². The average molecular weight is 598 g/mol. The highest BCUT2D eigenvalue weighted by Gasteiger charge is 2.12. The predicted molar refractivity (Wildman–Crippen MR) is 154 cm³/mol. The molecule has 196 valence electrons. The highest BCUT2D eigenvalue weighted by molar-refractivity contribution is 9.10. The van der Waals surface area contributed by atoms with Gasteiger partial charge in [0, 0.05) is 21.6 Å². The topological polar surface area (TPSA) is 94.8 Å². The van der Waals surface area contributed by atoms with E-state index in [0.29, 0.717) is 57.5 Å². The standard InChI is InChI=1S/C28H26BrClN4O4/c1-3-5-26-33-23-12-7-19(29)15-22(23)28(36)34(26)31-16-18-6-13-24(25(14-18)37-4-2)38-17-27(35)32-21-10-8-20(30)9-11-21/h6-16H,3-5,17H2,1-2H3,(H,32,35). The van der Waals surface area contributed by atoms with Gasteiger partial charge in [0.05, 0.1) is 23.7 Å². The molecule has 0 spiro atoms. The normalized spacial score (nSPS) is 11.2. The molecule has 10 heteroatoms. The van der Waals surface area contributed by atoms with Crippen LogP contribution >= 0.6 is 27.5 Å². The molecule has 0 bridgehead atoms. The van der Waals surface area contributed by atoms with E-state index in [1.807, 2.05) is 26.0 Å². The molecule has 4 rings (SSSR count). The largest absolute Gasteiger partial charge is 0.490 e. The molecule has 1 amide bonds. The van der Waals surface area contributed by atoms with Crippen LogP contribution in [-0.2, 0) is 11.2 Å². The van der Waals surface area contributed by atoms with E-state index in [2.05, 4.69) is 31.3 Å². The van der Waals surface area contributed by atoms with Gasteiger partial charge < -0.3 is 14.8 Å². The molecule has 3 aromatic carbocycles. The smallest absolute Gasteiger partial charge is 0.282 e. The molecule has 1 N–H and O–H groups in total. The minimum absolute atomic E-state index is 0.204. The van der Waals surface area contributed by atoms with Gasteiger partial charge in [0.25, 0.3) is 11.5 Å². The van der Waals surface area contributed by atoms with Crippen LogP contribution in [0.2, 0.25) is 5.02 Å². The molecule has 0 unspecified atom stereocenters. The Morgan fingerprint density at radius 2 is 1.87 bits per heavy atom. The molecule has 0 radical (unpaired) electrons. The van der Waals surface area contributed by atoms with Crippen LogP contribution in [0.15, 0.2) is 75.0 Å². The molecule has 8 nitrogen and oxygen atoms in total. The number of carbonyl (C=O) groups is 1. The number of amides is 1. The van der Waals surface area contributed by atoms with Crippen LogP contribution in [0, 0.1) is 0 Å². The van der Waals surface area contributed by atoms with Gasteiger partial charge in [0.1, 0.15) is 5.82 Å². The Hall–Kier alpha value is -3.69. The molecule has 0 aliphatic heterocycles. The van der Waals surface area contributed by atoms with Crippen LogP contribution in [-0.4, -0.2) is 35.0 Å². The third-order valence-corrected chi connectivity index (χ3v) is 6.17. The number of fused-ring (bicyclic) bond motifs is 1. The van der Waals surface area contributed by atoms with Crippen LogP contribution < -0.4 is 20.3 Å². The second-order valence-electron chi connectivity index (χ2n) is 8.28. The maximum Gasteiger partial charge on any atom is 0.282 e. The number of benzene rings is 3. The Bertz CT molecular complexity index is 1540. The number of aromatic nitrogens is 2. The average Bonchev–Trinajstić information content (AvgIpc) is 2.90. The fourth-order valence-electron chi connectivity index (χ4n) is 3.69. The summed E-state index contributed by atoms with van der Waals surface area (Å²) in [6.45, 7) is 4.07. The molecule has 1 aromatic heterocycles. The van der Waals surface area contributed by atoms with Gasteiger partial charge >= 0.3 is 0 Å². The lowest BCUT2D eigenvalue weighted by molar-refractivity contribution is -0.118. The van der Waals surface area contributed by atoms with Gasteiger partial charge in [-0.25, -0.2) is 4.98 Å².